The molecule has 204 valence electrons. The van der Waals surface area contributed by atoms with Crippen LogP contribution in [0.5, 0.6) is 17.2 Å². The summed E-state index contributed by atoms with van der Waals surface area (Å²) >= 11 is 5.93. The molecule has 0 fully saturated rings. The summed E-state index contributed by atoms with van der Waals surface area (Å²) in [5, 5.41) is 13.1. The molecule has 0 aliphatic carbocycles. The highest BCUT2D eigenvalue weighted by Crippen LogP contribution is 2.42. The molecule has 0 unspecified atom stereocenters. The molecule has 40 heavy (non-hydrogen) atoms. The fourth-order valence-corrected chi connectivity index (χ4v) is 4.09. The van der Waals surface area contributed by atoms with Crippen LogP contribution in [0.1, 0.15) is 11.1 Å². The molecule has 0 saturated carbocycles. The third-order valence-electron chi connectivity index (χ3n) is 5.85. The maximum absolute atomic E-state index is 12.7. The van der Waals surface area contributed by atoms with Crippen LogP contribution < -0.4 is 19.5 Å². The number of anilines is 1. The monoisotopic (exact) mass is 560 g/mol. The number of rotatable bonds is 10. The van der Waals surface area contributed by atoms with Gasteiger partial charge in [-0.15, -0.1) is 0 Å². The van der Waals surface area contributed by atoms with Crippen molar-refractivity contribution in [3.63, 3.8) is 0 Å². The molecule has 1 amide bonds. The molecular weight excluding hydrogens is 536 g/mol. The van der Waals surface area contributed by atoms with Crippen molar-refractivity contribution in [3.05, 3.63) is 82.9 Å². The van der Waals surface area contributed by atoms with E-state index in [1.807, 2.05) is 0 Å². The number of aryl methyl sites for hydroxylation is 1. The number of nitrogens with zero attached hydrogens (tertiary/aromatic N) is 1. The Morgan fingerprint density at radius 1 is 0.925 bits per heavy atom. The van der Waals surface area contributed by atoms with Crippen molar-refractivity contribution in [2.24, 2.45) is 0 Å². The molecule has 10 heteroatoms. The van der Waals surface area contributed by atoms with Gasteiger partial charge in [-0.05, 0) is 72.6 Å². The molecule has 4 rings (SSSR count). The van der Waals surface area contributed by atoms with E-state index in [9.17, 15) is 14.9 Å². The van der Waals surface area contributed by atoms with E-state index in [0.717, 1.165) is 5.56 Å². The summed E-state index contributed by atoms with van der Waals surface area (Å²) in [6, 6.07) is 21.3. The Balaban J connectivity index is 1.52. The third-order valence-corrected chi connectivity index (χ3v) is 6.09. The van der Waals surface area contributed by atoms with Gasteiger partial charge in [-0.2, -0.15) is 5.26 Å². The number of ether oxygens (including phenoxy) is 4. The van der Waals surface area contributed by atoms with Crippen molar-refractivity contribution < 1.29 is 33.0 Å². The van der Waals surface area contributed by atoms with E-state index in [2.05, 4.69) is 11.4 Å². The van der Waals surface area contributed by atoms with Gasteiger partial charge in [0.25, 0.3) is 5.91 Å². The van der Waals surface area contributed by atoms with Crippen LogP contribution in [0.3, 0.4) is 0 Å². The average molecular weight is 561 g/mol. The van der Waals surface area contributed by atoms with Crippen molar-refractivity contribution in [1.82, 2.24) is 0 Å². The Morgan fingerprint density at radius 3 is 2.12 bits per heavy atom. The van der Waals surface area contributed by atoms with Crippen LogP contribution in [0, 0.1) is 18.3 Å². The van der Waals surface area contributed by atoms with E-state index in [1.54, 1.807) is 87.9 Å². The molecular formula is C30H25ClN2O7. The Labute approximate surface area is 235 Å². The molecule has 1 aromatic heterocycles. The number of nitrogens with one attached hydrogen (secondary N) is 1. The van der Waals surface area contributed by atoms with Crippen LogP contribution in [0.4, 0.5) is 5.88 Å². The Bertz CT molecular complexity index is 1550. The first-order chi connectivity index (χ1) is 19.3. The van der Waals surface area contributed by atoms with E-state index in [0.29, 0.717) is 44.7 Å². The standard InChI is InChI=1S/C30H25ClN2O7/c1-18-14-21(31)8-13-25(18)38-17-27(35)39-16-26(34)33-30-24(15-32)28(19-4-9-22(36-2)10-5-19)29(40-30)20-6-11-23(37-3)12-7-20/h4-14H,16-17H2,1-3H3,(H,33,34). The summed E-state index contributed by atoms with van der Waals surface area (Å²) in [5.74, 6) is 0.606. The molecule has 0 atom stereocenters. The van der Waals surface area contributed by atoms with E-state index in [-0.39, 0.29) is 11.4 Å². The van der Waals surface area contributed by atoms with E-state index in [4.69, 9.17) is 35.0 Å². The lowest BCUT2D eigenvalue weighted by Gasteiger charge is -2.09. The first-order valence-electron chi connectivity index (χ1n) is 12.0. The number of hydrogen-bond donors (Lipinski definition) is 1. The Morgan fingerprint density at radius 2 is 1.55 bits per heavy atom. The van der Waals surface area contributed by atoms with E-state index < -0.39 is 25.1 Å². The van der Waals surface area contributed by atoms with E-state index >= 15 is 0 Å². The van der Waals surface area contributed by atoms with Crippen molar-refractivity contribution >= 4 is 29.4 Å². The highest BCUT2D eigenvalue weighted by atomic mass is 35.5. The molecule has 1 N–H and O–H groups in total. The van der Waals surface area contributed by atoms with Crippen LogP contribution in [0.25, 0.3) is 22.5 Å². The maximum Gasteiger partial charge on any atom is 0.344 e. The highest BCUT2D eigenvalue weighted by molar-refractivity contribution is 6.30. The van der Waals surface area contributed by atoms with Crippen LogP contribution in [0.15, 0.2) is 71.1 Å². The molecule has 1 heterocycles. The van der Waals surface area contributed by atoms with Crippen molar-refractivity contribution in [2.75, 3.05) is 32.8 Å². The van der Waals surface area contributed by atoms with Crippen LogP contribution in [-0.2, 0) is 14.3 Å². The van der Waals surface area contributed by atoms with E-state index in [1.165, 1.54) is 0 Å². The Kier molecular flexibility index (Phi) is 8.94. The fraction of sp³-hybridized carbons (Fsp3) is 0.167. The molecule has 0 aliphatic heterocycles. The number of furan rings is 1. The molecule has 9 nitrogen and oxygen atoms in total. The SMILES string of the molecule is COc1ccc(-c2oc(NC(=O)COC(=O)COc3ccc(Cl)cc3C)c(C#N)c2-c2ccc(OC)cc2)cc1. The Hall–Kier alpha value is -4.94. The third kappa shape index (κ3) is 6.54. The molecule has 0 saturated heterocycles. The number of hydrogen-bond acceptors (Lipinski definition) is 8. The number of halogens is 1. The second-order valence-corrected chi connectivity index (χ2v) is 8.92. The molecule has 4 aromatic rings. The molecule has 0 radical (unpaired) electrons. The normalized spacial score (nSPS) is 10.4. The van der Waals surface area contributed by atoms with Gasteiger partial charge >= 0.3 is 5.97 Å². The summed E-state index contributed by atoms with van der Waals surface area (Å²) in [7, 11) is 3.12. The number of methoxy groups -OCH3 is 2. The lowest BCUT2D eigenvalue weighted by atomic mass is 9.98. The quantitative estimate of drug-likeness (QED) is 0.234. The van der Waals surface area contributed by atoms with Gasteiger partial charge in [0.2, 0.25) is 5.88 Å². The summed E-state index contributed by atoms with van der Waals surface area (Å²) in [5.41, 5.74) is 2.67. The minimum Gasteiger partial charge on any atom is -0.497 e. The predicted octanol–water partition coefficient (Wildman–Crippen LogP) is 6.03. The average Bonchev–Trinajstić information content (AvgIpc) is 3.33. The first kappa shape index (κ1) is 28.1. The topological polar surface area (TPSA) is 120 Å². The second kappa shape index (κ2) is 12.7. The summed E-state index contributed by atoms with van der Waals surface area (Å²) in [6.45, 7) is 0.781. The lowest BCUT2D eigenvalue weighted by Crippen LogP contribution is -2.23. The number of carbonyl (C=O) groups excluding carboxylic acids is 2. The summed E-state index contributed by atoms with van der Waals surface area (Å²) in [4.78, 5) is 24.8. The van der Waals surface area contributed by atoms with Gasteiger partial charge in [-0.25, -0.2) is 4.79 Å². The smallest absolute Gasteiger partial charge is 0.344 e. The van der Waals surface area contributed by atoms with Gasteiger partial charge in [0.15, 0.2) is 13.2 Å². The first-order valence-corrected chi connectivity index (χ1v) is 12.4. The number of benzene rings is 3. The maximum atomic E-state index is 12.7. The van der Waals surface area contributed by atoms with Gasteiger partial charge in [-0.1, -0.05) is 23.7 Å². The van der Waals surface area contributed by atoms with Crippen molar-refractivity contribution in [2.45, 2.75) is 6.92 Å². The van der Waals surface area contributed by atoms with Crippen LogP contribution in [-0.4, -0.2) is 39.3 Å². The number of carbonyl (C=O) groups is 2. The molecule has 0 spiro atoms. The van der Waals surface area contributed by atoms with Crippen LogP contribution >= 0.6 is 11.6 Å². The molecule has 3 aromatic carbocycles. The summed E-state index contributed by atoms with van der Waals surface area (Å²) in [6.07, 6.45) is 0. The fourth-order valence-electron chi connectivity index (χ4n) is 3.87. The lowest BCUT2D eigenvalue weighted by molar-refractivity contribution is -0.149. The highest BCUT2D eigenvalue weighted by Gasteiger charge is 2.25. The number of amides is 1. The van der Waals surface area contributed by atoms with Gasteiger partial charge < -0.3 is 23.4 Å². The van der Waals surface area contributed by atoms with Gasteiger partial charge in [0.1, 0.15) is 34.6 Å². The number of esters is 1. The predicted molar refractivity (Wildman–Crippen MR) is 149 cm³/mol. The largest absolute Gasteiger partial charge is 0.497 e. The van der Waals surface area contributed by atoms with Crippen molar-refractivity contribution in [1.29, 1.82) is 5.26 Å². The van der Waals surface area contributed by atoms with Crippen molar-refractivity contribution in [3.8, 4) is 45.8 Å². The zero-order valence-corrected chi connectivity index (χ0v) is 22.7. The minimum atomic E-state index is -0.748. The second-order valence-electron chi connectivity index (χ2n) is 8.49. The molecule has 0 bridgehead atoms. The zero-order chi connectivity index (χ0) is 28.6. The zero-order valence-electron chi connectivity index (χ0n) is 21.9. The number of nitriles is 1. The van der Waals surface area contributed by atoms with Gasteiger partial charge in [0.05, 0.1) is 14.2 Å². The van der Waals surface area contributed by atoms with Crippen LogP contribution in [0.2, 0.25) is 5.02 Å². The van der Waals surface area contributed by atoms with Gasteiger partial charge in [0, 0.05) is 16.1 Å². The minimum absolute atomic E-state index is 0.0757. The summed E-state index contributed by atoms with van der Waals surface area (Å²) < 4.78 is 27.0. The van der Waals surface area contributed by atoms with Gasteiger partial charge in [-0.3, -0.25) is 10.1 Å². The molecule has 0 aliphatic rings.